The van der Waals surface area contributed by atoms with E-state index in [4.69, 9.17) is 5.73 Å². The third-order valence-corrected chi connectivity index (χ3v) is 5.18. The van der Waals surface area contributed by atoms with Crippen LogP contribution in [0, 0.1) is 13.8 Å². The van der Waals surface area contributed by atoms with Crippen molar-refractivity contribution in [1.29, 1.82) is 0 Å². The topological polar surface area (TPSA) is 98.0 Å². The summed E-state index contributed by atoms with van der Waals surface area (Å²) in [7, 11) is -3.84. The maximum atomic E-state index is 12.4. The van der Waals surface area contributed by atoms with Gasteiger partial charge in [0.2, 0.25) is 0 Å². The second kappa shape index (κ2) is 5.90. The number of anilines is 2. The summed E-state index contributed by atoms with van der Waals surface area (Å²) >= 11 is 6.30. The van der Waals surface area contributed by atoms with Gasteiger partial charge in [-0.3, -0.25) is 4.72 Å². The predicted octanol–water partition coefficient (Wildman–Crippen LogP) is 3.00. The molecule has 0 aliphatic heterocycles. The number of nitrogens with one attached hydrogen (secondary N) is 1. The average molecular weight is 436 g/mol. The van der Waals surface area contributed by atoms with Crippen LogP contribution in [0.15, 0.2) is 32.4 Å². The van der Waals surface area contributed by atoms with Crippen LogP contribution in [0.5, 0.6) is 0 Å². The molecule has 112 valence electrons. The lowest BCUT2D eigenvalue weighted by atomic mass is 10.1. The zero-order chi connectivity index (χ0) is 15.8. The van der Waals surface area contributed by atoms with Gasteiger partial charge in [-0.1, -0.05) is 0 Å². The fourth-order valence-electron chi connectivity index (χ4n) is 1.64. The van der Waals surface area contributed by atoms with Crippen LogP contribution < -0.4 is 10.5 Å². The molecule has 0 spiro atoms. The first-order chi connectivity index (χ1) is 9.70. The van der Waals surface area contributed by atoms with Crippen molar-refractivity contribution in [2.75, 3.05) is 10.5 Å². The van der Waals surface area contributed by atoms with Gasteiger partial charge in [-0.25, -0.2) is 18.4 Å². The van der Waals surface area contributed by atoms with Crippen molar-refractivity contribution in [3.8, 4) is 0 Å². The number of nitrogens with zero attached hydrogens (tertiary/aromatic N) is 2. The highest BCUT2D eigenvalue weighted by Crippen LogP contribution is 2.27. The van der Waals surface area contributed by atoms with E-state index < -0.39 is 10.0 Å². The summed E-state index contributed by atoms with van der Waals surface area (Å²) in [6, 6.07) is 3.17. The number of nitrogens with two attached hydrogens (primary N) is 1. The second-order valence-corrected chi connectivity index (χ2v) is 7.63. The predicted molar refractivity (Wildman–Crippen MR) is 88.6 cm³/mol. The molecule has 21 heavy (non-hydrogen) atoms. The van der Waals surface area contributed by atoms with Gasteiger partial charge in [-0.2, -0.15) is 0 Å². The summed E-state index contributed by atoms with van der Waals surface area (Å²) in [5.41, 5.74) is 7.77. The van der Waals surface area contributed by atoms with E-state index in [-0.39, 0.29) is 21.0 Å². The van der Waals surface area contributed by atoms with Gasteiger partial charge in [0.15, 0.2) is 10.4 Å². The molecule has 6 nitrogen and oxygen atoms in total. The van der Waals surface area contributed by atoms with Crippen molar-refractivity contribution in [2.45, 2.75) is 18.7 Å². The Hall–Kier alpha value is -1.19. The molecule has 0 aliphatic rings. The average Bonchev–Trinajstić information content (AvgIpc) is 2.37. The number of nitrogen functional groups attached to an aromatic ring is 1. The molecule has 2 rings (SSSR count). The maximum absolute atomic E-state index is 12.4. The Balaban J connectivity index is 2.46. The Labute approximate surface area is 139 Å². The minimum absolute atomic E-state index is 0.0159. The van der Waals surface area contributed by atoms with Crippen molar-refractivity contribution in [2.24, 2.45) is 0 Å². The summed E-state index contributed by atoms with van der Waals surface area (Å²) in [6.45, 7) is 3.69. The third kappa shape index (κ3) is 3.53. The number of aromatic nitrogens is 2. The van der Waals surface area contributed by atoms with Crippen LogP contribution in [0.3, 0.4) is 0 Å². The van der Waals surface area contributed by atoms with Crippen molar-refractivity contribution >= 4 is 53.4 Å². The zero-order valence-electron chi connectivity index (χ0n) is 11.2. The molecular formula is C12H12Br2N4O2S. The summed E-state index contributed by atoms with van der Waals surface area (Å²) in [4.78, 5) is 8.00. The van der Waals surface area contributed by atoms with Gasteiger partial charge >= 0.3 is 0 Å². The first-order valence-corrected chi connectivity index (χ1v) is 8.85. The molecule has 0 atom stereocenters. The molecule has 0 unspecified atom stereocenters. The molecule has 0 bridgehead atoms. The highest BCUT2D eigenvalue weighted by Gasteiger charge is 2.20. The van der Waals surface area contributed by atoms with Gasteiger partial charge in [0.25, 0.3) is 10.0 Å². The molecule has 0 fully saturated rings. The van der Waals surface area contributed by atoms with E-state index in [0.29, 0.717) is 4.60 Å². The molecule has 3 N–H and O–H groups in total. The van der Waals surface area contributed by atoms with Gasteiger partial charge in [-0.05, 0) is 69.0 Å². The van der Waals surface area contributed by atoms with Gasteiger partial charge in [0.1, 0.15) is 9.50 Å². The van der Waals surface area contributed by atoms with Gasteiger partial charge < -0.3 is 5.73 Å². The minimum Gasteiger partial charge on any atom is -0.398 e. The lowest BCUT2D eigenvalue weighted by Gasteiger charge is -2.12. The fraction of sp³-hybridized carbons (Fsp3) is 0.167. The fourth-order valence-corrected chi connectivity index (χ4v) is 3.90. The second-order valence-electron chi connectivity index (χ2n) is 4.41. The normalized spacial score (nSPS) is 11.4. The quantitative estimate of drug-likeness (QED) is 0.722. The maximum Gasteiger partial charge on any atom is 0.265 e. The standard InChI is InChI=1S/C12H12Br2N4O2S/c1-6-3-8(15)9(4-7(6)2)21(19,20)18-12-11(14)17-10(13)5-16-12/h3-5H,15H2,1-2H3,(H,16,18). The lowest BCUT2D eigenvalue weighted by Crippen LogP contribution is -2.16. The molecule has 1 aromatic heterocycles. The molecule has 0 saturated carbocycles. The van der Waals surface area contributed by atoms with E-state index in [1.165, 1.54) is 12.3 Å². The molecule has 0 aliphatic carbocycles. The van der Waals surface area contributed by atoms with E-state index in [9.17, 15) is 8.42 Å². The molecule has 0 saturated heterocycles. The van der Waals surface area contributed by atoms with Crippen molar-refractivity contribution in [1.82, 2.24) is 9.97 Å². The SMILES string of the molecule is Cc1cc(N)c(S(=O)(=O)Nc2ncc(Br)nc2Br)cc1C. The minimum atomic E-state index is -3.84. The lowest BCUT2D eigenvalue weighted by molar-refractivity contribution is 0.601. The third-order valence-electron chi connectivity index (χ3n) is 2.85. The van der Waals surface area contributed by atoms with Crippen molar-refractivity contribution in [3.05, 3.63) is 38.7 Å². The molecular weight excluding hydrogens is 424 g/mol. The molecule has 9 heteroatoms. The van der Waals surface area contributed by atoms with E-state index in [0.717, 1.165) is 11.1 Å². The van der Waals surface area contributed by atoms with Crippen LogP contribution in [0.2, 0.25) is 0 Å². The first kappa shape index (κ1) is 16.2. The molecule has 0 amide bonds. The number of hydrogen-bond acceptors (Lipinski definition) is 5. The largest absolute Gasteiger partial charge is 0.398 e. The van der Waals surface area contributed by atoms with E-state index in [2.05, 4.69) is 46.5 Å². The highest BCUT2D eigenvalue weighted by molar-refractivity contribution is 9.11. The summed E-state index contributed by atoms with van der Waals surface area (Å²) in [6.07, 6.45) is 1.40. The molecule has 0 radical (unpaired) electrons. The Morgan fingerprint density at radius 3 is 2.43 bits per heavy atom. The summed E-state index contributed by atoms with van der Waals surface area (Å²) in [5.74, 6) is 0.0934. The zero-order valence-corrected chi connectivity index (χ0v) is 15.2. The molecule has 1 heterocycles. The van der Waals surface area contributed by atoms with Crippen LogP contribution >= 0.6 is 31.9 Å². The monoisotopic (exact) mass is 434 g/mol. The Bertz CT molecular complexity index is 809. The number of rotatable bonds is 3. The van der Waals surface area contributed by atoms with Crippen LogP contribution in [0.25, 0.3) is 0 Å². The van der Waals surface area contributed by atoms with E-state index >= 15 is 0 Å². The molecule has 2 aromatic rings. The highest BCUT2D eigenvalue weighted by atomic mass is 79.9. The van der Waals surface area contributed by atoms with E-state index in [1.54, 1.807) is 6.07 Å². The van der Waals surface area contributed by atoms with Crippen molar-refractivity contribution < 1.29 is 8.42 Å². The number of sulfonamides is 1. The van der Waals surface area contributed by atoms with Gasteiger partial charge in [0.05, 0.1) is 11.9 Å². The smallest absolute Gasteiger partial charge is 0.265 e. The Kier molecular flexibility index (Phi) is 4.54. The Morgan fingerprint density at radius 2 is 1.81 bits per heavy atom. The van der Waals surface area contributed by atoms with Gasteiger partial charge in [0, 0.05) is 0 Å². The van der Waals surface area contributed by atoms with Gasteiger partial charge in [-0.15, -0.1) is 0 Å². The van der Waals surface area contributed by atoms with Crippen LogP contribution in [-0.2, 0) is 10.0 Å². The number of benzene rings is 1. The van der Waals surface area contributed by atoms with Crippen molar-refractivity contribution in [3.63, 3.8) is 0 Å². The van der Waals surface area contributed by atoms with Crippen LogP contribution in [0.1, 0.15) is 11.1 Å². The number of hydrogen-bond donors (Lipinski definition) is 2. The number of aryl methyl sites for hydroxylation is 2. The summed E-state index contributed by atoms with van der Waals surface area (Å²) < 4.78 is 28.0. The number of halogens is 2. The van der Waals surface area contributed by atoms with E-state index in [1.807, 2.05) is 13.8 Å². The van der Waals surface area contributed by atoms with Crippen LogP contribution in [0.4, 0.5) is 11.5 Å². The Morgan fingerprint density at radius 1 is 1.19 bits per heavy atom. The molecule has 1 aromatic carbocycles. The first-order valence-electron chi connectivity index (χ1n) is 5.78. The summed E-state index contributed by atoms with van der Waals surface area (Å²) in [5, 5.41) is 0. The van der Waals surface area contributed by atoms with Crippen LogP contribution in [-0.4, -0.2) is 18.4 Å².